The predicted molar refractivity (Wildman–Crippen MR) is 76.7 cm³/mol. The first kappa shape index (κ1) is 14.3. The Labute approximate surface area is 121 Å². The van der Waals surface area contributed by atoms with Crippen LogP contribution in [-0.2, 0) is 14.3 Å². The lowest BCUT2D eigenvalue weighted by Crippen LogP contribution is -2.35. The number of carbonyl (C=O) groups excluding carboxylic acids is 2. The number of methoxy groups -OCH3 is 2. The lowest BCUT2D eigenvalue weighted by atomic mass is 10.3. The molecule has 1 aromatic rings. The Kier molecular flexibility index (Phi) is 4.19. The minimum Gasteiger partial charge on any atom is -0.497 e. The third-order valence-corrected chi connectivity index (χ3v) is 3.36. The summed E-state index contributed by atoms with van der Waals surface area (Å²) >= 11 is 5.24. The minimum atomic E-state index is -0.434. The molecule has 20 heavy (non-hydrogen) atoms. The topological polar surface area (TPSA) is 59.1 Å². The van der Waals surface area contributed by atoms with Crippen LogP contribution in [0.15, 0.2) is 24.3 Å². The molecule has 1 saturated heterocycles. The van der Waals surface area contributed by atoms with E-state index in [9.17, 15) is 9.59 Å². The molecular formula is C13H14N2O4S. The van der Waals surface area contributed by atoms with Crippen LogP contribution in [0.25, 0.3) is 0 Å². The van der Waals surface area contributed by atoms with Crippen molar-refractivity contribution < 1.29 is 19.1 Å². The van der Waals surface area contributed by atoms with Gasteiger partial charge in [0.15, 0.2) is 5.11 Å². The van der Waals surface area contributed by atoms with E-state index in [2.05, 4.69) is 4.74 Å². The molecule has 6 nitrogen and oxygen atoms in total. The molecule has 0 unspecified atom stereocenters. The van der Waals surface area contributed by atoms with Gasteiger partial charge < -0.3 is 14.4 Å². The fourth-order valence-electron chi connectivity index (χ4n) is 1.88. The molecule has 1 aliphatic rings. The van der Waals surface area contributed by atoms with E-state index in [0.717, 1.165) is 0 Å². The number of benzene rings is 1. The highest BCUT2D eigenvalue weighted by Gasteiger charge is 2.34. The van der Waals surface area contributed by atoms with Crippen molar-refractivity contribution >= 4 is 34.9 Å². The van der Waals surface area contributed by atoms with Crippen LogP contribution < -0.4 is 9.64 Å². The number of nitrogens with zero attached hydrogens (tertiary/aromatic N) is 2. The first-order valence-corrected chi connectivity index (χ1v) is 6.30. The first-order chi connectivity index (χ1) is 9.56. The second kappa shape index (κ2) is 5.87. The number of thiocarbonyl (C=S) groups is 1. The van der Waals surface area contributed by atoms with Crippen LogP contribution in [0, 0.1) is 0 Å². The van der Waals surface area contributed by atoms with Crippen molar-refractivity contribution in [2.75, 3.05) is 32.2 Å². The zero-order valence-electron chi connectivity index (χ0n) is 11.2. The summed E-state index contributed by atoms with van der Waals surface area (Å²) in [6.45, 7) is 0.0354. The van der Waals surface area contributed by atoms with Crippen LogP contribution in [0.3, 0.4) is 0 Å². The molecule has 0 spiro atoms. The molecule has 0 bridgehead atoms. The van der Waals surface area contributed by atoms with Gasteiger partial charge in [-0.3, -0.25) is 14.5 Å². The lowest BCUT2D eigenvalue weighted by molar-refractivity contribution is -0.140. The van der Waals surface area contributed by atoms with Gasteiger partial charge in [-0.05, 0) is 36.5 Å². The summed E-state index contributed by atoms with van der Waals surface area (Å²) < 4.78 is 9.65. The molecule has 106 valence electrons. The van der Waals surface area contributed by atoms with Crippen molar-refractivity contribution in [1.29, 1.82) is 0 Å². The number of anilines is 1. The minimum absolute atomic E-state index is 0.0340. The molecule has 2 rings (SSSR count). The fraction of sp³-hybridized carbons (Fsp3) is 0.308. The van der Waals surface area contributed by atoms with Gasteiger partial charge in [-0.15, -0.1) is 0 Å². The zero-order valence-corrected chi connectivity index (χ0v) is 12.0. The van der Waals surface area contributed by atoms with Gasteiger partial charge in [-0.25, -0.2) is 0 Å². The summed E-state index contributed by atoms with van der Waals surface area (Å²) in [5.41, 5.74) is 0.646. The number of carbonyl (C=O) groups is 2. The Bertz CT molecular complexity index is 544. The Balaban J connectivity index is 2.17. The van der Waals surface area contributed by atoms with Gasteiger partial charge in [0, 0.05) is 0 Å². The quantitative estimate of drug-likeness (QED) is 0.605. The van der Waals surface area contributed by atoms with Crippen LogP contribution >= 0.6 is 12.2 Å². The van der Waals surface area contributed by atoms with E-state index in [4.69, 9.17) is 17.0 Å². The maximum Gasteiger partial charge on any atom is 0.325 e. The highest BCUT2D eigenvalue weighted by Crippen LogP contribution is 2.24. The van der Waals surface area contributed by atoms with Gasteiger partial charge in [0.1, 0.15) is 18.8 Å². The number of esters is 1. The monoisotopic (exact) mass is 294 g/mol. The van der Waals surface area contributed by atoms with E-state index >= 15 is 0 Å². The van der Waals surface area contributed by atoms with E-state index < -0.39 is 5.97 Å². The molecule has 0 N–H and O–H groups in total. The molecule has 7 heteroatoms. The van der Waals surface area contributed by atoms with Gasteiger partial charge in [-0.1, -0.05) is 0 Å². The average molecular weight is 294 g/mol. The summed E-state index contributed by atoms with van der Waals surface area (Å²) in [6.07, 6.45) is 0. The molecule has 1 aromatic carbocycles. The van der Waals surface area contributed by atoms with Gasteiger partial charge in [-0.2, -0.15) is 0 Å². The molecule has 0 aliphatic carbocycles. The Morgan fingerprint density at radius 1 is 1.30 bits per heavy atom. The summed E-state index contributed by atoms with van der Waals surface area (Å²) in [6, 6.07) is 6.97. The lowest BCUT2D eigenvalue weighted by Gasteiger charge is -2.19. The third-order valence-electron chi connectivity index (χ3n) is 2.92. The van der Waals surface area contributed by atoms with E-state index in [-0.39, 0.29) is 19.0 Å². The summed E-state index contributed by atoms with van der Waals surface area (Å²) in [5, 5.41) is 0.297. The largest absolute Gasteiger partial charge is 0.497 e. The average Bonchev–Trinajstić information content (AvgIpc) is 2.73. The molecule has 0 atom stereocenters. The number of amides is 1. The number of rotatable bonds is 4. The van der Waals surface area contributed by atoms with Crippen molar-refractivity contribution in [2.45, 2.75) is 0 Å². The Morgan fingerprint density at radius 2 is 1.95 bits per heavy atom. The van der Waals surface area contributed by atoms with Crippen molar-refractivity contribution in [3.05, 3.63) is 24.3 Å². The Hall–Kier alpha value is -2.15. The molecule has 0 radical (unpaired) electrons. The first-order valence-electron chi connectivity index (χ1n) is 5.89. The number of hydrogen-bond acceptors (Lipinski definition) is 5. The van der Waals surface area contributed by atoms with Crippen molar-refractivity contribution in [1.82, 2.24) is 4.90 Å². The molecule has 1 fully saturated rings. The summed E-state index contributed by atoms with van der Waals surface area (Å²) in [7, 11) is 2.86. The highest BCUT2D eigenvalue weighted by atomic mass is 32.1. The van der Waals surface area contributed by atoms with E-state index in [1.165, 1.54) is 16.9 Å². The van der Waals surface area contributed by atoms with Crippen LogP contribution in [-0.4, -0.2) is 49.2 Å². The number of ether oxygens (including phenoxy) is 2. The number of hydrogen-bond donors (Lipinski definition) is 0. The van der Waals surface area contributed by atoms with Gasteiger partial charge in [0.25, 0.3) is 5.91 Å². The third kappa shape index (κ3) is 2.72. The smallest absolute Gasteiger partial charge is 0.325 e. The van der Waals surface area contributed by atoms with E-state index in [1.54, 1.807) is 31.4 Å². The van der Waals surface area contributed by atoms with Gasteiger partial charge in [0.05, 0.1) is 19.9 Å². The van der Waals surface area contributed by atoms with Crippen molar-refractivity contribution in [3.8, 4) is 5.75 Å². The van der Waals surface area contributed by atoms with Crippen LogP contribution in [0.2, 0.25) is 0 Å². The molecule has 1 heterocycles. The molecule has 0 aromatic heterocycles. The van der Waals surface area contributed by atoms with E-state index in [1.807, 2.05) is 0 Å². The van der Waals surface area contributed by atoms with Crippen molar-refractivity contribution in [2.24, 2.45) is 0 Å². The molecule has 0 saturated carbocycles. The van der Waals surface area contributed by atoms with Gasteiger partial charge in [0.2, 0.25) is 0 Å². The fourth-order valence-corrected chi connectivity index (χ4v) is 2.22. The molecule has 1 amide bonds. The maximum atomic E-state index is 12.0. The van der Waals surface area contributed by atoms with Crippen LogP contribution in [0.1, 0.15) is 0 Å². The SMILES string of the molecule is COC(=O)CN1CC(=O)N(c2ccc(OC)cc2)C1=S. The second-order valence-corrected chi connectivity index (χ2v) is 4.51. The van der Waals surface area contributed by atoms with E-state index in [0.29, 0.717) is 16.5 Å². The highest BCUT2D eigenvalue weighted by molar-refractivity contribution is 7.80. The normalized spacial score (nSPS) is 14.7. The molecule has 1 aliphatic heterocycles. The molecular weight excluding hydrogens is 280 g/mol. The van der Waals surface area contributed by atoms with Crippen molar-refractivity contribution in [3.63, 3.8) is 0 Å². The zero-order chi connectivity index (χ0) is 14.7. The second-order valence-electron chi connectivity index (χ2n) is 4.14. The maximum absolute atomic E-state index is 12.0. The summed E-state index contributed by atoms with van der Waals surface area (Å²) in [4.78, 5) is 26.2. The Morgan fingerprint density at radius 3 is 2.50 bits per heavy atom. The van der Waals surface area contributed by atoms with Gasteiger partial charge >= 0.3 is 5.97 Å². The summed E-state index contributed by atoms with van der Waals surface area (Å²) in [5.74, 6) is 0.0820. The predicted octanol–water partition coefficient (Wildman–Crippen LogP) is 0.802. The van der Waals surface area contributed by atoms with Crippen LogP contribution in [0.5, 0.6) is 5.75 Å². The standard InChI is InChI=1S/C13H14N2O4S/c1-18-10-5-3-9(4-6-10)15-11(16)7-14(13(15)20)8-12(17)19-2/h3-6H,7-8H2,1-2H3. The van der Waals surface area contributed by atoms with Crippen LogP contribution in [0.4, 0.5) is 5.69 Å².